The zero-order chi connectivity index (χ0) is 22.6. The Morgan fingerprint density at radius 2 is 1.45 bits per heavy atom. The monoisotopic (exact) mass is 450 g/mol. The van der Waals surface area contributed by atoms with Gasteiger partial charge in [-0.2, -0.15) is 5.26 Å². The Morgan fingerprint density at radius 3 is 1.97 bits per heavy atom. The SMILES string of the molecule is N#CS.N=C=S.O=C1OC2(c3ccc(O)cc3Oc3cc(O)ccc32)c2ccccc21. The van der Waals surface area contributed by atoms with Crippen LogP contribution in [-0.2, 0) is 10.3 Å². The summed E-state index contributed by atoms with van der Waals surface area (Å²) >= 11 is 6.90. The molecule has 7 nitrogen and oxygen atoms in total. The second-order valence-corrected chi connectivity index (χ2v) is 6.69. The summed E-state index contributed by atoms with van der Waals surface area (Å²) in [5, 5.41) is 35.6. The van der Waals surface area contributed by atoms with Crippen molar-refractivity contribution < 1.29 is 24.5 Å². The zero-order valence-corrected chi connectivity index (χ0v) is 17.4. The highest BCUT2D eigenvalue weighted by atomic mass is 32.1. The van der Waals surface area contributed by atoms with Gasteiger partial charge in [0.15, 0.2) is 5.60 Å². The maximum atomic E-state index is 12.5. The molecule has 0 fully saturated rings. The molecule has 0 atom stereocenters. The summed E-state index contributed by atoms with van der Waals surface area (Å²) in [6.07, 6.45) is 0. The number of thiocyanates is 1. The van der Waals surface area contributed by atoms with Crippen LogP contribution in [0.4, 0.5) is 0 Å². The van der Waals surface area contributed by atoms with Crippen molar-refractivity contribution >= 4 is 36.0 Å². The number of fused-ring (bicyclic) bond motifs is 6. The predicted molar refractivity (Wildman–Crippen MR) is 118 cm³/mol. The molecule has 1 spiro atoms. The number of benzene rings is 3. The number of rotatable bonds is 0. The Labute approximate surface area is 188 Å². The number of isothiocyanates is 1. The van der Waals surface area contributed by atoms with Crippen molar-refractivity contribution in [2.75, 3.05) is 0 Å². The first-order valence-electron chi connectivity index (χ1n) is 8.67. The van der Waals surface area contributed by atoms with Crippen LogP contribution >= 0.6 is 24.8 Å². The van der Waals surface area contributed by atoms with Crippen molar-refractivity contribution in [1.29, 1.82) is 10.7 Å². The summed E-state index contributed by atoms with van der Waals surface area (Å²) < 4.78 is 11.8. The van der Waals surface area contributed by atoms with E-state index in [0.29, 0.717) is 33.8 Å². The Balaban J connectivity index is 0.000000411. The maximum absolute atomic E-state index is 12.5. The maximum Gasteiger partial charge on any atom is 0.340 e. The van der Waals surface area contributed by atoms with Crippen molar-refractivity contribution in [2.45, 2.75) is 5.60 Å². The second-order valence-electron chi connectivity index (χ2n) is 6.28. The van der Waals surface area contributed by atoms with Gasteiger partial charge in [0.25, 0.3) is 0 Å². The standard InChI is InChI=1S/C20H12O5.2CHNS/c21-11-5-7-15-17(9-11)24-18-10-12(22)6-8-16(18)20(15)14-4-2-1-3-13(14)19(23)25-20;2*2-1-3/h1-10,21-22H;3H;2H. The van der Waals surface area contributed by atoms with Crippen LogP contribution in [0.3, 0.4) is 0 Å². The number of nitrogens with zero attached hydrogens (tertiary/aromatic N) is 1. The minimum Gasteiger partial charge on any atom is -0.508 e. The summed E-state index contributed by atoms with van der Waals surface area (Å²) in [7, 11) is 0. The number of nitrogens with one attached hydrogen (secondary N) is 1. The van der Waals surface area contributed by atoms with E-state index < -0.39 is 11.6 Å². The van der Waals surface area contributed by atoms with E-state index in [9.17, 15) is 15.0 Å². The molecule has 3 N–H and O–H groups in total. The number of thiol groups is 1. The van der Waals surface area contributed by atoms with E-state index in [2.05, 4.69) is 24.8 Å². The summed E-state index contributed by atoms with van der Waals surface area (Å²) in [5.41, 5.74) is 1.28. The summed E-state index contributed by atoms with van der Waals surface area (Å²) in [4.78, 5) is 12.5. The van der Waals surface area contributed by atoms with Gasteiger partial charge < -0.3 is 19.7 Å². The average molecular weight is 450 g/mol. The first-order chi connectivity index (χ1) is 14.9. The molecule has 0 aliphatic carbocycles. The highest BCUT2D eigenvalue weighted by Crippen LogP contribution is 2.56. The first kappa shape index (κ1) is 21.9. The molecule has 5 rings (SSSR count). The first-order valence-corrected chi connectivity index (χ1v) is 9.53. The van der Waals surface area contributed by atoms with E-state index in [4.69, 9.17) is 20.1 Å². The van der Waals surface area contributed by atoms with Crippen LogP contribution in [-0.4, -0.2) is 21.3 Å². The lowest BCUT2D eigenvalue weighted by atomic mass is 9.77. The van der Waals surface area contributed by atoms with Gasteiger partial charge in [-0.25, -0.2) is 10.2 Å². The predicted octanol–water partition coefficient (Wildman–Crippen LogP) is 4.73. The molecule has 0 bridgehead atoms. The number of hydrogen-bond acceptors (Lipinski definition) is 9. The quantitative estimate of drug-likeness (QED) is 0.128. The largest absolute Gasteiger partial charge is 0.508 e. The third-order valence-electron chi connectivity index (χ3n) is 4.68. The van der Waals surface area contributed by atoms with E-state index in [-0.39, 0.29) is 11.5 Å². The number of phenols is 2. The van der Waals surface area contributed by atoms with E-state index in [1.807, 2.05) is 12.1 Å². The second kappa shape index (κ2) is 8.90. The minimum atomic E-state index is -1.17. The number of nitriles is 1. The number of esters is 1. The van der Waals surface area contributed by atoms with Gasteiger partial charge in [0.2, 0.25) is 0 Å². The fourth-order valence-electron chi connectivity index (χ4n) is 3.65. The number of hydrogen-bond donors (Lipinski definition) is 4. The molecule has 2 aliphatic heterocycles. The number of phenolic OH excluding ortho intramolecular Hbond substituents is 2. The van der Waals surface area contributed by atoms with Crippen LogP contribution in [0.1, 0.15) is 27.0 Å². The lowest BCUT2D eigenvalue weighted by Gasteiger charge is -2.36. The Bertz CT molecular complexity index is 1200. The van der Waals surface area contributed by atoms with Gasteiger partial charge in [-0.15, -0.1) is 0 Å². The minimum absolute atomic E-state index is 0.0371. The number of ether oxygens (including phenoxy) is 2. The molecule has 9 heteroatoms. The molecule has 3 aromatic rings. The number of thiocarbonyl (C=S) groups is 1. The van der Waals surface area contributed by atoms with Gasteiger partial charge in [-0.3, -0.25) is 0 Å². The Kier molecular flexibility index (Phi) is 6.28. The van der Waals surface area contributed by atoms with Crippen molar-refractivity contribution in [3.05, 3.63) is 82.9 Å². The van der Waals surface area contributed by atoms with Gasteiger partial charge in [0.1, 0.15) is 28.4 Å². The van der Waals surface area contributed by atoms with Crippen LogP contribution in [0.25, 0.3) is 0 Å². The summed E-state index contributed by atoms with van der Waals surface area (Å²) in [6, 6.07) is 16.6. The van der Waals surface area contributed by atoms with Crippen LogP contribution in [0, 0.1) is 16.1 Å². The average Bonchev–Trinajstić information content (AvgIpc) is 3.02. The fraction of sp³-hybridized carbons (Fsp3) is 0.0455. The van der Waals surface area contributed by atoms with Gasteiger partial charge >= 0.3 is 5.97 Å². The zero-order valence-electron chi connectivity index (χ0n) is 15.7. The molecule has 154 valence electrons. The summed E-state index contributed by atoms with van der Waals surface area (Å²) in [5.74, 6) is 0.408. The molecule has 31 heavy (non-hydrogen) atoms. The van der Waals surface area contributed by atoms with Crippen molar-refractivity contribution in [3.8, 4) is 28.4 Å². The lowest BCUT2D eigenvalue weighted by molar-refractivity contribution is 0.0224. The molecule has 0 radical (unpaired) electrons. The topological polar surface area (TPSA) is 124 Å². The van der Waals surface area contributed by atoms with Crippen LogP contribution in [0.2, 0.25) is 0 Å². The van der Waals surface area contributed by atoms with Crippen LogP contribution in [0.5, 0.6) is 23.0 Å². The molecule has 2 aliphatic rings. The highest BCUT2D eigenvalue weighted by molar-refractivity contribution is 7.85. The Hall–Kier alpha value is -3.83. The lowest BCUT2D eigenvalue weighted by Crippen LogP contribution is -2.32. The molecule has 2 heterocycles. The van der Waals surface area contributed by atoms with E-state index in [0.717, 1.165) is 0 Å². The van der Waals surface area contributed by atoms with Crippen LogP contribution in [0.15, 0.2) is 60.7 Å². The molecule has 0 aromatic heterocycles. The fourth-order valence-corrected chi connectivity index (χ4v) is 3.65. The molecule has 3 aromatic carbocycles. The van der Waals surface area contributed by atoms with Crippen molar-refractivity contribution in [3.63, 3.8) is 0 Å². The van der Waals surface area contributed by atoms with E-state index in [1.165, 1.54) is 29.7 Å². The molecule has 0 saturated heterocycles. The number of aromatic hydroxyl groups is 2. The number of carbonyl (C=O) groups excluding carboxylic acids is 1. The van der Waals surface area contributed by atoms with Crippen LogP contribution < -0.4 is 4.74 Å². The van der Waals surface area contributed by atoms with Gasteiger partial charge in [0, 0.05) is 28.8 Å². The molecular weight excluding hydrogens is 436 g/mol. The third kappa shape index (κ3) is 3.71. The third-order valence-corrected chi connectivity index (χ3v) is 4.68. The molecular formula is C22H14N2O5S2. The van der Waals surface area contributed by atoms with Crippen molar-refractivity contribution in [1.82, 2.24) is 0 Å². The smallest absolute Gasteiger partial charge is 0.340 e. The summed E-state index contributed by atoms with van der Waals surface area (Å²) in [6.45, 7) is 0. The Morgan fingerprint density at radius 1 is 0.968 bits per heavy atom. The van der Waals surface area contributed by atoms with Gasteiger partial charge in [0.05, 0.1) is 10.7 Å². The number of carbonyl (C=O) groups is 1. The van der Waals surface area contributed by atoms with E-state index >= 15 is 0 Å². The van der Waals surface area contributed by atoms with Gasteiger partial charge in [-0.1, -0.05) is 30.8 Å². The molecule has 0 saturated carbocycles. The normalized spacial score (nSPS) is 13.2. The van der Waals surface area contributed by atoms with Gasteiger partial charge in [-0.05, 0) is 42.5 Å². The van der Waals surface area contributed by atoms with E-state index in [1.54, 1.807) is 29.4 Å². The molecule has 0 amide bonds. The molecule has 0 unspecified atom stereocenters. The highest BCUT2D eigenvalue weighted by Gasteiger charge is 2.53. The van der Waals surface area contributed by atoms with Crippen molar-refractivity contribution in [2.24, 2.45) is 0 Å².